The van der Waals surface area contributed by atoms with Crippen LogP contribution in [0.5, 0.6) is 0 Å². The zero-order valence-electron chi connectivity index (χ0n) is 24.3. The molecule has 0 spiro atoms. The van der Waals surface area contributed by atoms with Crippen molar-refractivity contribution in [2.45, 2.75) is 16.3 Å². The maximum Gasteiger partial charge on any atom is 0.416 e. The highest BCUT2D eigenvalue weighted by Crippen LogP contribution is 2.39. The Hall–Kier alpha value is -4.84. The Morgan fingerprint density at radius 2 is 1.55 bits per heavy atom. The molecule has 1 aromatic heterocycles. The number of hydrogen-bond donors (Lipinski definition) is 3. The van der Waals surface area contributed by atoms with Gasteiger partial charge in [-0.25, -0.2) is 0 Å². The number of carbonyl (C=O) groups excluding carboxylic acids is 3. The van der Waals surface area contributed by atoms with Gasteiger partial charge in [-0.2, -0.15) is 24.5 Å². The van der Waals surface area contributed by atoms with Crippen LogP contribution in [0.15, 0.2) is 131 Å². The second-order valence-electron chi connectivity index (χ2n) is 10.0. The second kappa shape index (κ2) is 15.2. The van der Waals surface area contributed by atoms with Crippen molar-refractivity contribution >= 4 is 69.9 Å². The van der Waals surface area contributed by atoms with Gasteiger partial charge in [-0.1, -0.05) is 66.2 Å². The monoisotopic (exact) mass is 691 g/mol. The average molecular weight is 692 g/mol. The van der Waals surface area contributed by atoms with E-state index in [1.54, 1.807) is 91.0 Å². The van der Waals surface area contributed by atoms with Gasteiger partial charge in [0.1, 0.15) is 10.9 Å². The van der Waals surface area contributed by atoms with Crippen molar-refractivity contribution < 1.29 is 27.6 Å². The number of nitrogens with one attached hydrogen (secondary N) is 3. The topological polar surface area (TPSA) is 87.3 Å². The van der Waals surface area contributed by atoms with E-state index >= 15 is 0 Å². The van der Waals surface area contributed by atoms with E-state index < -0.39 is 34.7 Å². The van der Waals surface area contributed by atoms with E-state index in [1.807, 2.05) is 16.8 Å². The summed E-state index contributed by atoms with van der Waals surface area (Å²) >= 11 is 8.72. The van der Waals surface area contributed by atoms with Gasteiger partial charge < -0.3 is 16.0 Å². The minimum absolute atomic E-state index is 0.0230. The summed E-state index contributed by atoms with van der Waals surface area (Å²) < 4.78 is 40.0. The number of thioether (sulfide) groups is 1. The van der Waals surface area contributed by atoms with Crippen LogP contribution in [0.4, 0.5) is 24.5 Å². The number of amides is 3. The van der Waals surface area contributed by atoms with E-state index in [0.717, 1.165) is 35.5 Å². The Bertz CT molecular complexity index is 1900. The fourth-order valence-electron chi connectivity index (χ4n) is 4.34. The van der Waals surface area contributed by atoms with Gasteiger partial charge in [0.05, 0.1) is 16.3 Å². The molecule has 238 valence electrons. The van der Waals surface area contributed by atoms with Crippen LogP contribution in [0, 0.1) is 0 Å². The lowest BCUT2D eigenvalue weighted by atomic mass is 10.1. The fraction of sp³-hybridized carbons (Fsp3) is 0.0571. The number of thiophene rings is 1. The van der Waals surface area contributed by atoms with Gasteiger partial charge in [0.15, 0.2) is 0 Å². The quantitative estimate of drug-likeness (QED) is 0.101. The molecule has 1 atom stereocenters. The minimum atomic E-state index is -4.62. The summed E-state index contributed by atoms with van der Waals surface area (Å²) in [5.41, 5.74) is 1.00. The molecule has 47 heavy (non-hydrogen) atoms. The van der Waals surface area contributed by atoms with E-state index in [2.05, 4.69) is 16.0 Å². The molecule has 1 heterocycles. The lowest BCUT2D eigenvalue weighted by Gasteiger charge is -2.19. The Morgan fingerprint density at radius 1 is 0.830 bits per heavy atom. The molecular weight excluding hydrogens is 667 g/mol. The first-order chi connectivity index (χ1) is 22.6. The third-order valence-corrected chi connectivity index (χ3v) is 8.90. The molecule has 12 heteroatoms. The first-order valence-electron chi connectivity index (χ1n) is 14.0. The van der Waals surface area contributed by atoms with Gasteiger partial charge in [-0.15, -0.1) is 11.8 Å². The predicted octanol–water partition coefficient (Wildman–Crippen LogP) is 9.30. The zero-order valence-corrected chi connectivity index (χ0v) is 26.6. The summed E-state index contributed by atoms with van der Waals surface area (Å²) in [5, 5.41) is 10.8. The molecule has 4 aromatic carbocycles. The molecule has 5 rings (SSSR count). The van der Waals surface area contributed by atoms with Crippen LogP contribution in [-0.4, -0.2) is 17.7 Å². The fourth-order valence-corrected chi connectivity index (χ4v) is 6.21. The smallest absolute Gasteiger partial charge is 0.323 e. The normalized spacial score (nSPS) is 12.2. The molecule has 0 saturated heterocycles. The maximum atomic E-state index is 13.6. The molecule has 5 aromatic rings. The maximum absolute atomic E-state index is 13.6. The molecule has 0 bridgehead atoms. The van der Waals surface area contributed by atoms with Gasteiger partial charge in [-0.05, 0) is 82.6 Å². The third-order valence-electron chi connectivity index (χ3n) is 6.62. The summed E-state index contributed by atoms with van der Waals surface area (Å²) in [4.78, 5) is 40.5. The van der Waals surface area contributed by atoms with E-state index in [4.69, 9.17) is 11.6 Å². The Morgan fingerprint density at radius 3 is 2.23 bits per heavy atom. The molecule has 1 unspecified atom stereocenters. The van der Waals surface area contributed by atoms with Crippen LogP contribution in [-0.2, 0) is 15.8 Å². The summed E-state index contributed by atoms with van der Waals surface area (Å²) in [5.74, 6) is -1.62. The highest BCUT2D eigenvalue weighted by atomic mass is 35.5. The Balaban J connectivity index is 1.37. The molecule has 6 nitrogen and oxygen atoms in total. The third kappa shape index (κ3) is 9.13. The predicted molar refractivity (Wildman–Crippen MR) is 181 cm³/mol. The number of rotatable bonds is 10. The van der Waals surface area contributed by atoms with Crippen molar-refractivity contribution in [2.24, 2.45) is 0 Å². The molecule has 0 aliphatic heterocycles. The summed E-state index contributed by atoms with van der Waals surface area (Å²) in [7, 11) is 0. The molecule has 3 N–H and O–H groups in total. The van der Waals surface area contributed by atoms with Gasteiger partial charge in [0, 0.05) is 16.1 Å². The molecule has 0 fully saturated rings. The van der Waals surface area contributed by atoms with Crippen LogP contribution in [0.2, 0.25) is 5.02 Å². The van der Waals surface area contributed by atoms with Crippen LogP contribution in [0.25, 0.3) is 6.08 Å². The molecule has 3 amide bonds. The summed E-state index contributed by atoms with van der Waals surface area (Å²) in [6.45, 7) is 0. The van der Waals surface area contributed by atoms with Crippen molar-refractivity contribution in [3.8, 4) is 0 Å². The number of carbonyl (C=O) groups is 3. The van der Waals surface area contributed by atoms with E-state index in [0.29, 0.717) is 21.7 Å². The van der Waals surface area contributed by atoms with Gasteiger partial charge >= 0.3 is 6.18 Å². The number of anilines is 2. The van der Waals surface area contributed by atoms with Crippen LogP contribution in [0.3, 0.4) is 0 Å². The van der Waals surface area contributed by atoms with E-state index in [9.17, 15) is 27.6 Å². The lowest BCUT2D eigenvalue weighted by Crippen LogP contribution is -2.30. The molecule has 0 saturated carbocycles. The highest BCUT2D eigenvalue weighted by Gasteiger charge is 2.32. The highest BCUT2D eigenvalue weighted by molar-refractivity contribution is 8.00. The average Bonchev–Trinajstić information content (AvgIpc) is 3.58. The van der Waals surface area contributed by atoms with Crippen molar-refractivity contribution in [1.82, 2.24) is 5.32 Å². The largest absolute Gasteiger partial charge is 0.416 e. The number of alkyl halides is 3. The SMILES string of the molecule is O=C(Nc1cccc(SC(C(=O)Nc2cc(C(F)(F)F)ccc2Cl)c2ccccc2)c1)/C(=C/c1ccsc1)NC(=O)c1ccccc1. The van der Waals surface area contributed by atoms with Crippen molar-refractivity contribution in [2.75, 3.05) is 10.6 Å². The molecular formula is C35H25ClF3N3O3S2. The molecule has 0 aliphatic carbocycles. The van der Waals surface area contributed by atoms with Gasteiger partial charge in [-0.3, -0.25) is 14.4 Å². The Kier molecular flexibility index (Phi) is 10.8. The van der Waals surface area contributed by atoms with Crippen molar-refractivity contribution in [1.29, 1.82) is 0 Å². The zero-order chi connectivity index (χ0) is 33.4. The second-order valence-corrected chi connectivity index (χ2v) is 12.4. The summed E-state index contributed by atoms with van der Waals surface area (Å²) in [6.07, 6.45) is -3.05. The molecule has 0 aliphatic rings. The Labute approximate surface area is 281 Å². The first kappa shape index (κ1) is 33.5. The summed E-state index contributed by atoms with van der Waals surface area (Å²) in [6, 6.07) is 28.5. The minimum Gasteiger partial charge on any atom is -0.323 e. The van der Waals surface area contributed by atoms with Gasteiger partial charge in [0.25, 0.3) is 11.8 Å². The van der Waals surface area contributed by atoms with Crippen LogP contribution >= 0.6 is 34.7 Å². The van der Waals surface area contributed by atoms with E-state index in [-0.39, 0.29) is 16.4 Å². The number of halogens is 4. The lowest BCUT2D eigenvalue weighted by molar-refractivity contribution is -0.137. The molecule has 0 radical (unpaired) electrons. The first-order valence-corrected chi connectivity index (χ1v) is 16.2. The van der Waals surface area contributed by atoms with Crippen LogP contribution in [0.1, 0.15) is 32.3 Å². The van der Waals surface area contributed by atoms with E-state index in [1.165, 1.54) is 11.3 Å². The van der Waals surface area contributed by atoms with Gasteiger partial charge in [0.2, 0.25) is 5.91 Å². The number of benzene rings is 4. The number of hydrogen-bond acceptors (Lipinski definition) is 5. The standard InChI is InChI=1S/C35H25ClF3N3O3S2/c36-28-15-14-25(35(37,38)39)19-29(28)41-34(45)31(23-8-3-1-4-9-23)47-27-13-7-12-26(20-27)40-33(44)30(18-22-16-17-46-21-22)42-32(43)24-10-5-2-6-11-24/h1-21,31H,(H,40,44)(H,41,45)(H,42,43)/b30-18-. The van der Waals surface area contributed by atoms with Crippen LogP contribution < -0.4 is 16.0 Å². The van der Waals surface area contributed by atoms with Crippen molar-refractivity contribution in [3.05, 3.63) is 153 Å². The van der Waals surface area contributed by atoms with Crippen molar-refractivity contribution in [3.63, 3.8) is 0 Å².